The number of hydrogen-bond acceptors (Lipinski definition) is 0. The molecule has 1 aliphatic rings. The van der Waals surface area contributed by atoms with E-state index in [1.807, 2.05) is 0 Å². The molecule has 108 valence electrons. The van der Waals surface area contributed by atoms with Crippen molar-refractivity contribution < 1.29 is 0 Å². The van der Waals surface area contributed by atoms with Crippen LogP contribution in [0.25, 0.3) is 33.0 Å². The summed E-state index contributed by atoms with van der Waals surface area (Å²) in [7, 11) is 0. The number of fused-ring (bicyclic) bond motifs is 5. The van der Waals surface area contributed by atoms with Crippen LogP contribution in [0.2, 0.25) is 0 Å². The van der Waals surface area contributed by atoms with Gasteiger partial charge in [0.1, 0.15) is 0 Å². The van der Waals surface area contributed by atoms with Crippen LogP contribution in [-0.4, -0.2) is 0 Å². The summed E-state index contributed by atoms with van der Waals surface area (Å²) in [6.07, 6.45) is 1.04. The van der Waals surface area contributed by atoms with Crippen molar-refractivity contribution in [3.8, 4) is 22.3 Å². The number of rotatable bonds is 1. The van der Waals surface area contributed by atoms with Crippen molar-refractivity contribution in [1.82, 2.24) is 0 Å². The summed E-state index contributed by atoms with van der Waals surface area (Å²) in [6, 6.07) is 30.7. The Balaban J connectivity index is 1.90. The van der Waals surface area contributed by atoms with Gasteiger partial charge in [0.05, 0.1) is 0 Å². The van der Waals surface area contributed by atoms with Crippen LogP contribution >= 0.6 is 0 Å². The Kier molecular flexibility index (Phi) is 2.65. The minimum absolute atomic E-state index is 1.04. The van der Waals surface area contributed by atoms with E-state index in [-0.39, 0.29) is 0 Å². The van der Waals surface area contributed by atoms with Crippen molar-refractivity contribution in [3.63, 3.8) is 0 Å². The van der Waals surface area contributed by atoms with Gasteiger partial charge in [0.25, 0.3) is 0 Å². The highest BCUT2D eigenvalue weighted by molar-refractivity contribution is 6.04. The van der Waals surface area contributed by atoms with Gasteiger partial charge in [-0.25, -0.2) is 0 Å². The number of benzene rings is 4. The highest BCUT2D eigenvalue weighted by Gasteiger charge is 2.21. The van der Waals surface area contributed by atoms with Crippen molar-refractivity contribution in [3.05, 3.63) is 96.1 Å². The average molecular weight is 292 g/mol. The third-order valence-electron chi connectivity index (χ3n) is 4.92. The lowest BCUT2D eigenvalue weighted by Gasteiger charge is -2.12. The molecule has 0 saturated carbocycles. The fourth-order valence-electron chi connectivity index (χ4n) is 3.85. The van der Waals surface area contributed by atoms with Crippen LogP contribution in [0, 0.1) is 0 Å². The molecule has 0 nitrogen and oxygen atoms in total. The second kappa shape index (κ2) is 4.82. The minimum atomic E-state index is 1.04. The fourth-order valence-corrected chi connectivity index (χ4v) is 3.85. The molecule has 0 heterocycles. The lowest BCUT2D eigenvalue weighted by molar-refractivity contribution is 1.28. The molecular formula is C23H16. The van der Waals surface area contributed by atoms with Gasteiger partial charge in [0.2, 0.25) is 0 Å². The molecule has 4 aromatic rings. The average Bonchev–Trinajstić information content (AvgIpc) is 3.01. The Morgan fingerprint density at radius 3 is 2.09 bits per heavy atom. The molecule has 0 bridgehead atoms. The largest absolute Gasteiger partial charge is 0.0622 e. The monoisotopic (exact) mass is 292 g/mol. The van der Waals surface area contributed by atoms with Gasteiger partial charge < -0.3 is 0 Å². The van der Waals surface area contributed by atoms with Gasteiger partial charge in [-0.1, -0.05) is 78.9 Å². The van der Waals surface area contributed by atoms with E-state index in [2.05, 4.69) is 84.9 Å². The Hall–Kier alpha value is -2.86. The van der Waals surface area contributed by atoms with Gasteiger partial charge in [-0.3, -0.25) is 0 Å². The fraction of sp³-hybridized carbons (Fsp3) is 0.0435. The summed E-state index contributed by atoms with van der Waals surface area (Å²) < 4.78 is 0. The summed E-state index contributed by atoms with van der Waals surface area (Å²) in [4.78, 5) is 0. The zero-order valence-electron chi connectivity index (χ0n) is 12.8. The van der Waals surface area contributed by atoms with Crippen LogP contribution in [0.5, 0.6) is 0 Å². The zero-order valence-corrected chi connectivity index (χ0v) is 12.8. The Labute approximate surface area is 136 Å². The maximum atomic E-state index is 2.39. The van der Waals surface area contributed by atoms with Crippen LogP contribution < -0.4 is 0 Å². The molecule has 0 saturated heterocycles. The van der Waals surface area contributed by atoms with Gasteiger partial charge in [-0.05, 0) is 56.6 Å². The predicted octanol–water partition coefficient (Wildman–Crippen LogP) is 6.08. The predicted molar refractivity (Wildman–Crippen MR) is 97.6 cm³/mol. The minimum Gasteiger partial charge on any atom is -0.0622 e. The Morgan fingerprint density at radius 2 is 1.22 bits per heavy atom. The molecule has 0 aromatic heterocycles. The molecule has 0 atom stereocenters. The highest BCUT2D eigenvalue weighted by Crippen LogP contribution is 2.44. The molecule has 4 aromatic carbocycles. The number of hydrogen-bond donors (Lipinski definition) is 0. The zero-order chi connectivity index (χ0) is 15.2. The van der Waals surface area contributed by atoms with Gasteiger partial charge in [0.15, 0.2) is 0 Å². The quantitative estimate of drug-likeness (QED) is 0.351. The summed E-state index contributed by atoms with van der Waals surface area (Å²) >= 11 is 0. The first-order valence-electron chi connectivity index (χ1n) is 8.10. The van der Waals surface area contributed by atoms with E-state index in [1.165, 1.54) is 44.2 Å². The third-order valence-corrected chi connectivity index (χ3v) is 4.92. The van der Waals surface area contributed by atoms with Crippen LogP contribution in [0.1, 0.15) is 11.1 Å². The van der Waals surface area contributed by atoms with Gasteiger partial charge in [-0.2, -0.15) is 0 Å². The van der Waals surface area contributed by atoms with E-state index in [0.717, 1.165) is 6.42 Å². The van der Waals surface area contributed by atoms with Crippen molar-refractivity contribution >= 4 is 10.8 Å². The molecule has 0 radical (unpaired) electrons. The molecule has 0 spiro atoms. The summed E-state index contributed by atoms with van der Waals surface area (Å²) in [6.45, 7) is 0. The van der Waals surface area contributed by atoms with Crippen molar-refractivity contribution in [1.29, 1.82) is 0 Å². The van der Waals surface area contributed by atoms with Crippen LogP contribution in [0.15, 0.2) is 84.9 Å². The van der Waals surface area contributed by atoms with Gasteiger partial charge >= 0.3 is 0 Å². The van der Waals surface area contributed by atoms with Gasteiger partial charge in [0, 0.05) is 0 Å². The highest BCUT2D eigenvalue weighted by atomic mass is 14.2. The molecule has 5 rings (SSSR count). The van der Waals surface area contributed by atoms with E-state index >= 15 is 0 Å². The van der Waals surface area contributed by atoms with Crippen LogP contribution in [0.4, 0.5) is 0 Å². The van der Waals surface area contributed by atoms with Crippen molar-refractivity contribution in [2.24, 2.45) is 0 Å². The molecule has 0 heteroatoms. The van der Waals surface area contributed by atoms with E-state index < -0.39 is 0 Å². The maximum Gasteiger partial charge on any atom is -0.000728 e. The molecule has 0 N–H and O–H groups in total. The topological polar surface area (TPSA) is 0 Å². The molecule has 0 unspecified atom stereocenters. The third kappa shape index (κ3) is 1.85. The summed E-state index contributed by atoms with van der Waals surface area (Å²) in [5, 5.41) is 2.74. The first kappa shape index (κ1) is 12.7. The molecule has 1 aliphatic carbocycles. The Morgan fingerprint density at radius 1 is 0.522 bits per heavy atom. The van der Waals surface area contributed by atoms with Crippen molar-refractivity contribution in [2.75, 3.05) is 0 Å². The van der Waals surface area contributed by atoms with Crippen molar-refractivity contribution in [2.45, 2.75) is 6.42 Å². The normalized spacial score (nSPS) is 12.2. The standard InChI is InChI=1S/C23H16/c1-2-8-16(9-3-1)21-15-23-18-11-5-4-10-17(18)14-22(23)20-13-7-6-12-19(20)21/h1-13,15H,14H2. The first-order valence-corrected chi connectivity index (χ1v) is 8.10. The molecular weight excluding hydrogens is 276 g/mol. The van der Waals surface area contributed by atoms with E-state index in [9.17, 15) is 0 Å². The van der Waals surface area contributed by atoms with E-state index in [1.54, 1.807) is 0 Å². The molecule has 23 heavy (non-hydrogen) atoms. The maximum absolute atomic E-state index is 2.39. The second-order valence-corrected chi connectivity index (χ2v) is 6.20. The summed E-state index contributed by atoms with van der Waals surface area (Å²) in [5.74, 6) is 0. The molecule has 0 amide bonds. The lowest BCUT2D eigenvalue weighted by atomic mass is 9.91. The Bertz CT molecular complexity index is 1030. The SMILES string of the molecule is c1ccc(-c2cc3c(c4ccccc24)Cc2ccccc2-3)cc1. The first-order chi connectivity index (χ1) is 11.4. The molecule has 0 aliphatic heterocycles. The summed E-state index contributed by atoms with van der Waals surface area (Å²) in [5.41, 5.74) is 8.33. The molecule has 0 fully saturated rings. The van der Waals surface area contributed by atoms with E-state index in [4.69, 9.17) is 0 Å². The van der Waals surface area contributed by atoms with Crippen LogP contribution in [-0.2, 0) is 6.42 Å². The smallest absolute Gasteiger partial charge is 0.000728 e. The van der Waals surface area contributed by atoms with Crippen LogP contribution in [0.3, 0.4) is 0 Å². The van der Waals surface area contributed by atoms with E-state index in [0.29, 0.717) is 0 Å². The van der Waals surface area contributed by atoms with Gasteiger partial charge in [-0.15, -0.1) is 0 Å². The second-order valence-electron chi connectivity index (χ2n) is 6.20. The lowest BCUT2D eigenvalue weighted by Crippen LogP contribution is -1.88.